The van der Waals surface area contributed by atoms with E-state index in [4.69, 9.17) is 14.2 Å². The van der Waals surface area contributed by atoms with Crippen LogP contribution in [0.5, 0.6) is 17.2 Å². The van der Waals surface area contributed by atoms with Gasteiger partial charge in [-0.25, -0.2) is 4.79 Å². The van der Waals surface area contributed by atoms with Gasteiger partial charge in [0.2, 0.25) is 6.79 Å². The van der Waals surface area contributed by atoms with E-state index >= 15 is 0 Å². The Morgan fingerprint density at radius 2 is 1.96 bits per heavy atom. The van der Waals surface area contributed by atoms with Crippen LogP contribution in [0.15, 0.2) is 42.5 Å². The molecule has 0 spiro atoms. The Labute approximate surface area is 140 Å². The zero-order chi connectivity index (χ0) is 16.8. The minimum atomic E-state index is -0.215. The van der Waals surface area contributed by atoms with Gasteiger partial charge in [-0.15, -0.1) is 0 Å². The molecule has 2 amide bonds. The standard InChI is InChI=1S/C18H20N2O4/c1-13-4-2-3-5-14(13)11-20-18(21)19-8-9-22-15-6-7-16-17(10-15)24-12-23-16/h2-7,10H,8-9,11-12H2,1H3,(H2,19,20,21). The van der Waals surface area contributed by atoms with E-state index in [-0.39, 0.29) is 12.8 Å². The molecule has 126 valence electrons. The summed E-state index contributed by atoms with van der Waals surface area (Å²) in [5.74, 6) is 2.08. The Morgan fingerprint density at radius 1 is 1.12 bits per heavy atom. The van der Waals surface area contributed by atoms with Crippen molar-refractivity contribution in [2.24, 2.45) is 0 Å². The molecule has 2 aromatic carbocycles. The lowest BCUT2D eigenvalue weighted by Crippen LogP contribution is -2.37. The molecule has 3 rings (SSSR count). The Morgan fingerprint density at radius 3 is 2.83 bits per heavy atom. The second-order valence-electron chi connectivity index (χ2n) is 5.40. The summed E-state index contributed by atoms with van der Waals surface area (Å²) < 4.78 is 16.1. The fourth-order valence-electron chi connectivity index (χ4n) is 2.35. The molecule has 0 saturated heterocycles. The maximum Gasteiger partial charge on any atom is 0.315 e. The summed E-state index contributed by atoms with van der Waals surface area (Å²) >= 11 is 0. The Bertz CT molecular complexity index is 718. The summed E-state index contributed by atoms with van der Waals surface area (Å²) in [6.07, 6.45) is 0. The van der Waals surface area contributed by atoms with Gasteiger partial charge in [0.1, 0.15) is 12.4 Å². The molecule has 0 unspecified atom stereocenters. The number of ether oxygens (including phenoxy) is 3. The zero-order valence-corrected chi connectivity index (χ0v) is 13.5. The molecule has 0 fully saturated rings. The summed E-state index contributed by atoms with van der Waals surface area (Å²) in [5, 5.41) is 5.59. The molecule has 2 aromatic rings. The van der Waals surface area contributed by atoms with Gasteiger partial charge in [-0.1, -0.05) is 24.3 Å². The van der Waals surface area contributed by atoms with Crippen molar-refractivity contribution < 1.29 is 19.0 Å². The van der Waals surface area contributed by atoms with Crippen molar-refractivity contribution in [3.05, 3.63) is 53.6 Å². The molecule has 0 saturated carbocycles. The van der Waals surface area contributed by atoms with E-state index in [0.29, 0.717) is 31.2 Å². The zero-order valence-electron chi connectivity index (χ0n) is 13.5. The molecule has 0 aliphatic carbocycles. The van der Waals surface area contributed by atoms with E-state index in [0.717, 1.165) is 16.9 Å². The summed E-state index contributed by atoms with van der Waals surface area (Å²) in [6.45, 7) is 3.54. The number of rotatable bonds is 6. The number of fused-ring (bicyclic) bond motifs is 1. The van der Waals surface area contributed by atoms with Gasteiger partial charge in [0, 0.05) is 12.6 Å². The van der Waals surface area contributed by atoms with Crippen LogP contribution in [0, 0.1) is 6.92 Å². The molecule has 0 atom stereocenters. The van der Waals surface area contributed by atoms with E-state index in [9.17, 15) is 4.79 Å². The SMILES string of the molecule is Cc1ccccc1CNC(=O)NCCOc1ccc2c(c1)OCO2. The number of urea groups is 1. The average molecular weight is 328 g/mol. The van der Waals surface area contributed by atoms with Crippen LogP contribution in [0.4, 0.5) is 4.79 Å². The maximum absolute atomic E-state index is 11.8. The number of carbonyl (C=O) groups is 1. The van der Waals surface area contributed by atoms with Crippen molar-refractivity contribution in [2.45, 2.75) is 13.5 Å². The Kier molecular flexibility index (Phi) is 5.05. The average Bonchev–Trinajstić information content (AvgIpc) is 3.06. The minimum absolute atomic E-state index is 0.215. The fourth-order valence-corrected chi connectivity index (χ4v) is 2.35. The van der Waals surface area contributed by atoms with Gasteiger partial charge in [0.15, 0.2) is 11.5 Å². The molecular weight excluding hydrogens is 308 g/mol. The Hall–Kier alpha value is -2.89. The maximum atomic E-state index is 11.8. The topological polar surface area (TPSA) is 68.8 Å². The van der Waals surface area contributed by atoms with E-state index in [2.05, 4.69) is 10.6 Å². The van der Waals surface area contributed by atoms with Crippen molar-refractivity contribution in [3.8, 4) is 17.2 Å². The molecule has 1 heterocycles. The quantitative estimate of drug-likeness (QED) is 0.800. The molecule has 2 N–H and O–H groups in total. The molecular formula is C18H20N2O4. The molecule has 6 heteroatoms. The summed E-state index contributed by atoms with van der Waals surface area (Å²) in [7, 11) is 0. The van der Waals surface area contributed by atoms with E-state index in [1.165, 1.54) is 0 Å². The third kappa shape index (κ3) is 4.10. The van der Waals surface area contributed by atoms with Crippen LogP contribution in [0.2, 0.25) is 0 Å². The van der Waals surface area contributed by atoms with Crippen LogP contribution < -0.4 is 24.8 Å². The third-order valence-corrected chi connectivity index (χ3v) is 3.70. The van der Waals surface area contributed by atoms with Gasteiger partial charge in [0.05, 0.1) is 6.54 Å². The van der Waals surface area contributed by atoms with Crippen molar-refractivity contribution in [1.82, 2.24) is 10.6 Å². The lowest BCUT2D eigenvalue weighted by Gasteiger charge is -2.10. The second-order valence-corrected chi connectivity index (χ2v) is 5.40. The van der Waals surface area contributed by atoms with E-state index < -0.39 is 0 Å². The number of amides is 2. The van der Waals surface area contributed by atoms with Crippen molar-refractivity contribution in [1.29, 1.82) is 0 Å². The smallest absolute Gasteiger partial charge is 0.315 e. The number of carbonyl (C=O) groups excluding carboxylic acids is 1. The normalized spacial score (nSPS) is 11.9. The molecule has 0 aromatic heterocycles. The van der Waals surface area contributed by atoms with Crippen LogP contribution in [0.25, 0.3) is 0 Å². The molecule has 24 heavy (non-hydrogen) atoms. The van der Waals surface area contributed by atoms with Crippen LogP contribution in [-0.4, -0.2) is 26.0 Å². The number of benzene rings is 2. The van der Waals surface area contributed by atoms with Gasteiger partial charge in [-0.05, 0) is 30.2 Å². The van der Waals surface area contributed by atoms with Gasteiger partial charge in [-0.2, -0.15) is 0 Å². The van der Waals surface area contributed by atoms with Crippen molar-refractivity contribution >= 4 is 6.03 Å². The number of hydrogen-bond donors (Lipinski definition) is 2. The summed E-state index contributed by atoms with van der Waals surface area (Å²) in [5.41, 5.74) is 2.26. The summed E-state index contributed by atoms with van der Waals surface area (Å²) in [6, 6.07) is 13.1. The van der Waals surface area contributed by atoms with Crippen molar-refractivity contribution in [2.75, 3.05) is 19.9 Å². The number of nitrogens with one attached hydrogen (secondary N) is 2. The largest absolute Gasteiger partial charge is 0.492 e. The predicted molar refractivity (Wildman–Crippen MR) is 89.5 cm³/mol. The first kappa shape index (κ1) is 16.0. The van der Waals surface area contributed by atoms with Crippen LogP contribution >= 0.6 is 0 Å². The third-order valence-electron chi connectivity index (χ3n) is 3.70. The highest BCUT2D eigenvalue weighted by Crippen LogP contribution is 2.34. The van der Waals surface area contributed by atoms with Crippen molar-refractivity contribution in [3.63, 3.8) is 0 Å². The highest BCUT2D eigenvalue weighted by molar-refractivity contribution is 5.73. The number of aryl methyl sites for hydroxylation is 1. The first-order valence-corrected chi connectivity index (χ1v) is 7.81. The molecule has 0 bridgehead atoms. The molecule has 6 nitrogen and oxygen atoms in total. The number of hydrogen-bond acceptors (Lipinski definition) is 4. The van der Waals surface area contributed by atoms with Crippen LogP contribution in [0.1, 0.15) is 11.1 Å². The Balaban J connectivity index is 1.36. The van der Waals surface area contributed by atoms with Gasteiger partial charge >= 0.3 is 6.03 Å². The second kappa shape index (κ2) is 7.59. The lowest BCUT2D eigenvalue weighted by molar-refractivity contribution is 0.173. The monoisotopic (exact) mass is 328 g/mol. The van der Waals surface area contributed by atoms with Gasteiger partial charge in [-0.3, -0.25) is 0 Å². The highest BCUT2D eigenvalue weighted by Gasteiger charge is 2.13. The van der Waals surface area contributed by atoms with Crippen LogP contribution in [-0.2, 0) is 6.54 Å². The van der Waals surface area contributed by atoms with Crippen LogP contribution in [0.3, 0.4) is 0 Å². The molecule has 1 aliphatic heterocycles. The molecule has 0 radical (unpaired) electrons. The highest BCUT2D eigenvalue weighted by atomic mass is 16.7. The van der Waals surface area contributed by atoms with Gasteiger partial charge < -0.3 is 24.8 Å². The minimum Gasteiger partial charge on any atom is -0.492 e. The first-order valence-electron chi connectivity index (χ1n) is 7.81. The van der Waals surface area contributed by atoms with E-state index in [1.807, 2.05) is 37.3 Å². The van der Waals surface area contributed by atoms with Gasteiger partial charge in [0.25, 0.3) is 0 Å². The first-order chi connectivity index (χ1) is 11.7. The predicted octanol–water partition coefficient (Wildman–Crippen LogP) is 2.60. The van der Waals surface area contributed by atoms with E-state index in [1.54, 1.807) is 12.1 Å². The molecule has 1 aliphatic rings. The lowest BCUT2D eigenvalue weighted by atomic mass is 10.1. The summed E-state index contributed by atoms with van der Waals surface area (Å²) in [4.78, 5) is 11.8. The fraction of sp³-hybridized carbons (Fsp3) is 0.278.